The van der Waals surface area contributed by atoms with Crippen molar-refractivity contribution in [3.8, 4) is 0 Å². The average Bonchev–Trinajstić information content (AvgIpc) is 2.95. The quantitative estimate of drug-likeness (QED) is 0.554. The Bertz CT molecular complexity index is 1300. The van der Waals surface area contributed by atoms with Crippen LogP contribution in [0.5, 0.6) is 0 Å². The van der Waals surface area contributed by atoms with Crippen LogP contribution in [-0.2, 0) is 6.54 Å². The van der Waals surface area contributed by atoms with Crippen LogP contribution in [-0.4, -0.2) is 31.9 Å². The monoisotopic (exact) mass is 395 g/mol. The average molecular weight is 395 g/mol. The fraction of sp³-hybridized carbons (Fsp3) is 0.300. The maximum Gasteiger partial charge on any atom is 0.259 e. The predicted molar refractivity (Wildman–Crippen MR) is 112 cm³/mol. The molecule has 0 aliphatic carbocycles. The molecule has 4 aromatic rings. The molecule has 0 saturated heterocycles. The van der Waals surface area contributed by atoms with E-state index < -0.39 is 0 Å². The van der Waals surface area contributed by atoms with Crippen molar-refractivity contribution < 1.29 is 0 Å². The van der Waals surface area contributed by atoms with Crippen LogP contribution in [0.4, 0.5) is 0 Å². The molecule has 0 bridgehead atoms. The van der Waals surface area contributed by atoms with Gasteiger partial charge in [0.2, 0.25) is 0 Å². The number of rotatable bonds is 4. The molecule has 1 atom stereocenters. The summed E-state index contributed by atoms with van der Waals surface area (Å²) in [6, 6.07) is 7.11. The number of aromatic amines is 2. The molecule has 0 saturated carbocycles. The smallest absolute Gasteiger partial charge is 0.259 e. The predicted octanol–water partition coefficient (Wildman–Crippen LogP) is 3.03. The lowest BCUT2D eigenvalue weighted by atomic mass is 10.2. The van der Waals surface area contributed by atoms with Gasteiger partial charge >= 0.3 is 0 Å². The topological polar surface area (TPSA) is 94.7 Å². The first kappa shape index (κ1) is 18.5. The lowest BCUT2D eigenvalue weighted by Crippen LogP contribution is -2.27. The van der Waals surface area contributed by atoms with Crippen molar-refractivity contribution >= 4 is 32.5 Å². The van der Waals surface area contributed by atoms with E-state index in [0.717, 1.165) is 15.3 Å². The molecule has 3 aromatic heterocycles. The van der Waals surface area contributed by atoms with Crippen molar-refractivity contribution in [1.82, 2.24) is 24.8 Å². The number of hydrogen-bond acceptors (Lipinski definition) is 6. The van der Waals surface area contributed by atoms with Crippen LogP contribution < -0.4 is 11.1 Å². The number of nitrogens with zero attached hydrogens (tertiary/aromatic N) is 3. The third kappa shape index (κ3) is 3.14. The van der Waals surface area contributed by atoms with Crippen molar-refractivity contribution in [2.24, 2.45) is 0 Å². The van der Waals surface area contributed by atoms with Crippen LogP contribution in [0, 0.1) is 13.8 Å². The third-order valence-electron chi connectivity index (χ3n) is 5.18. The second kappa shape index (κ2) is 6.96. The van der Waals surface area contributed by atoms with Crippen molar-refractivity contribution in [3.05, 3.63) is 67.1 Å². The summed E-state index contributed by atoms with van der Waals surface area (Å²) in [4.78, 5) is 43.6. The van der Waals surface area contributed by atoms with Gasteiger partial charge < -0.3 is 9.97 Å². The minimum absolute atomic E-state index is 0.112. The van der Waals surface area contributed by atoms with Gasteiger partial charge in [0, 0.05) is 4.88 Å². The molecule has 2 N–H and O–H groups in total. The zero-order valence-electron chi connectivity index (χ0n) is 16.2. The molecule has 144 valence electrons. The van der Waals surface area contributed by atoms with Crippen molar-refractivity contribution in [1.29, 1.82) is 0 Å². The summed E-state index contributed by atoms with van der Waals surface area (Å²) in [6.07, 6.45) is 0. The van der Waals surface area contributed by atoms with Gasteiger partial charge in [-0.3, -0.25) is 14.5 Å². The molecule has 0 spiro atoms. The summed E-state index contributed by atoms with van der Waals surface area (Å²) >= 11 is 1.53. The second-order valence-corrected chi connectivity index (χ2v) is 8.24. The Balaban J connectivity index is 1.65. The minimum Gasteiger partial charge on any atom is -0.309 e. The molecule has 0 radical (unpaired) electrons. The van der Waals surface area contributed by atoms with Gasteiger partial charge in [0.15, 0.2) is 0 Å². The van der Waals surface area contributed by atoms with Gasteiger partial charge in [0.05, 0.1) is 28.9 Å². The second-order valence-electron chi connectivity index (χ2n) is 7.04. The van der Waals surface area contributed by atoms with Crippen molar-refractivity contribution in [2.45, 2.75) is 33.4 Å². The van der Waals surface area contributed by atoms with E-state index in [0.29, 0.717) is 34.5 Å². The number of aromatic nitrogens is 4. The van der Waals surface area contributed by atoms with Gasteiger partial charge in [0.25, 0.3) is 11.1 Å². The van der Waals surface area contributed by atoms with E-state index in [4.69, 9.17) is 0 Å². The molecule has 8 heteroatoms. The van der Waals surface area contributed by atoms with E-state index in [-0.39, 0.29) is 17.2 Å². The lowest BCUT2D eigenvalue weighted by molar-refractivity contribution is 0.238. The van der Waals surface area contributed by atoms with Gasteiger partial charge in [0.1, 0.15) is 16.5 Å². The van der Waals surface area contributed by atoms with Crippen molar-refractivity contribution in [3.63, 3.8) is 0 Å². The summed E-state index contributed by atoms with van der Waals surface area (Å²) in [7, 11) is 1.91. The van der Waals surface area contributed by atoms with E-state index in [2.05, 4.69) is 19.9 Å². The Morgan fingerprint density at radius 3 is 2.64 bits per heavy atom. The van der Waals surface area contributed by atoms with Gasteiger partial charge in [-0.2, -0.15) is 0 Å². The van der Waals surface area contributed by atoms with Crippen molar-refractivity contribution in [2.75, 3.05) is 7.05 Å². The zero-order valence-corrected chi connectivity index (χ0v) is 17.0. The maximum atomic E-state index is 12.5. The number of H-pyrrole nitrogens is 2. The Labute approximate surface area is 165 Å². The minimum atomic E-state index is -0.156. The molecule has 4 rings (SSSR count). The highest BCUT2D eigenvalue weighted by Crippen LogP contribution is 2.27. The molecule has 7 nitrogen and oxygen atoms in total. The molecular weight excluding hydrogens is 374 g/mol. The Kier molecular flexibility index (Phi) is 4.60. The van der Waals surface area contributed by atoms with Crippen LogP contribution in [0.25, 0.3) is 21.1 Å². The van der Waals surface area contributed by atoms with E-state index in [1.807, 2.05) is 50.9 Å². The first-order chi connectivity index (χ1) is 13.3. The Hall–Kier alpha value is -2.84. The fourth-order valence-electron chi connectivity index (χ4n) is 3.26. The van der Waals surface area contributed by atoms with E-state index in [1.54, 1.807) is 6.07 Å². The molecule has 3 heterocycles. The summed E-state index contributed by atoms with van der Waals surface area (Å²) in [5, 5.41) is 1.24. The molecule has 0 aliphatic rings. The molecule has 0 aliphatic heterocycles. The molecule has 0 unspecified atom stereocenters. The Morgan fingerprint density at radius 1 is 1.11 bits per heavy atom. The van der Waals surface area contributed by atoms with Crippen LogP contribution >= 0.6 is 11.3 Å². The van der Waals surface area contributed by atoms with E-state index in [1.165, 1.54) is 11.3 Å². The number of benzene rings is 1. The summed E-state index contributed by atoms with van der Waals surface area (Å²) in [5.41, 5.74) is 1.39. The van der Waals surface area contributed by atoms with Gasteiger partial charge in [-0.25, -0.2) is 9.97 Å². The standard InChI is InChI=1S/C20H21N5O2S/c1-10-12(3)28-20-16(10)19(27)23-17(24-20)11(2)25(4)9-15-21-14-8-6-5-7-13(14)18(26)22-15/h5-8,11H,9H2,1-4H3,(H,21,22,26)(H,23,24,27)/t11-/m1/s1. The van der Waals surface area contributed by atoms with Crippen LogP contribution in [0.1, 0.15) is 35.1 Å². The SMILES string of the molecule is Cc1sc2nc([C@@H](C)N(C)Cc3nc4ccccc4c(=O)[nH]3)[nH]c(=O)c2c1C. The normalized spacial score (nSPS) is 12.9. The van der Waals surface area contributed by atoms with E-state index in [9.17, 15) is 9.59 Å². The number of para-hydroxylation sites is 1. The summed E-state index contributed by atoms with van der Waals surface area (Å²) < 4.78 is 0. The number of hydrogen-bond donors (Lipinski definition) is 2. The largest absolute Gasteiger partial charge is 0.309 e. The number of thiophene rings is 1. The fourth-order valence-corrected chi connectivity index (χ4v) is 4.30. The van der Waals surface area contributed by atoms with E-state index >= 15 is 0 Å². The van der Waals surface area contributed by atoms with Crippen LogP contribution in [0.3, 0.4) is 0 Å². The number of nitrogens with one attached hydrogen (secondary N) is 2. The van der Waals surface area contributed by atoms with Gasteiger partial charge in [-0.1, -0.05) is 12.1 Å². The molecule has 0 fully saturated rings. The maximum absolute atomic E-state index is 12.5. The highest BCUT2D eigenvalue weighted by Gasteiger charge is 2.19. The molecule has 1 aromatic carbocycles. The first-order valence-corrected chi connectivity index (χ1v) is 9.85. The van der Waals surface area contributed by atoms with Crippen LogP contribution in [0.2, 0.25) is 0 Å². The number of aryl methyl sites for hydroxylation is 2. The molecule has 0 amide bonds. The Morgan fingerprint density at radius 2 is 1.86 bits per heavy atom. The summed E-state index contributed by atoms with van der Waals surface area (Å²) in [6.45, 7) is 6.34. The van der Waals surface area contributed by atoms with Gasteiger partial charge in [-0.05, 0) is 45.5 Å². The van der Waals surface area contributed by atoms with Crippen LogP contribution in [0.15, 0.2) is 33.9 Å². The highest BCUT2D eigenvalue weighted by atomic mass is 32.1. The lowest BCUT2D eigenvalue weighted by Gasteiger charge is -2.23. The number of fused-ring (bicyclic) bond motifs is 2. The zero-order chi connectivity index (χ0) is 20.0. The molecular formula is C20H21N5O2S. The summed E-state index contributed by atoms with van der Waals surface area (Å²) in [5.74, 6) is 1.17. The van der Waals surface area contributed by atoms with Gasteiger partial charge in [-0.15, -0.1) is 11.3 Å². The third-order valence-corrected chi connectivity index (χ3v) is 6.28. The molecule has 28 heavy (non-hydrogen) atoms. The highest BCUT2D eigenvalue weighted by molar-refractivity contribution is 7.18. The first-order valence-electron chi connectivity index (χ1n) is 9.03.